The summed E-state index contributed by atoms with van der Waals surface area (Å²) in [5.41, 5.74) is 1.30. The Morgan fingerprint density at radius 3 is 2.63 bits per heavy atom. The van der Waals surface area contributed by atoms with Crippen LogP contribution in [0.2, 0.25) is 0 Å². The summed E-state index contributed by atoms with van der Waals surface area (Å²) < 4.78 is 10.8. The van der Waals surface area contributed by atoms with Crippen LogP contribution in [0.5, 0.6) is 11.5 Å². The summed E-state index contributed by atoms with van der Waals surface area (Å²) in [6.45, 7) is 7.09. The van der Waals surface area contributed by atoms with Gasteiger partial charge in [-0.3, -0.25) is 9.98 Å². The van der Waals surface area contributed by atoms with Gasteiger partial charge in [-0.1, -0.05) is 19.1 Å². The van der Waals surface area contributed by atoms with E-state index < -0.39 is 0 Å². The predicted octanol–water partition coefficient (Wildman–Crippen LogP) is 3.22. The van der Waals surface area contributed by atoms with Crippen LogP contribution in [0, 0.1) is 0 Å². The Morgan fingerprint density at radius 1 is 1.15 bits per heavy atom. The van der Waals surface area contributed by atoms with Crippen LogP contribution >= 0.6 is 0 Å². The highest BCUT2D eigenvalue weighted by molar-refractivity contribution is 5.79. The molecule has 0 saturated heterocycles. The van der Waals surface area contributed by atoms with Gasteiger partial charge < -0.3 is 20.1 Å². The van der Waals surface area contributed by atoms with Crippen LogP contribution < -0.4 is 20.1 Å². The van der Waals surface area contributed by atoms with Gasteiger partial charge in [-0.25, -0.2) is 0 Å². The number of aliphatic imine (C=N–C) groups is 1. The number of nitrogens with zero attached hydrogens (tertiary/aromatic N) is 2. The molecule has 2 aromatic rings. The number of methoxy groups -OCH3 is 1. The van der Waals surface area contributed by atoms with Crippen LogP contribution in [-0.4, -0.2) is 44.3 Å². The fourth-order valence-electron chi connectivity index (χ4n) is 2.58. The highest BCUT2D eigenvalue weighted by Crippen LogP contribution is 2.21. The summed E-state index contributed by atoms with van der Waals surface area (Å²) in [6, 6.07) is 12.0. The molecule has 0 bridgehead atoms. The fourth-order valence-corrected chi connectivity index (χ4v) is 2.58. The van der Waals surface area contributed by atoms with Crippen LogP contribution in [0.1, 0.15) is 31.7 Å². The summed E-state index contributed by atoms with van der Waals surface area (Å²) >= 11 is 0. The van der Waals surface area contributed by atoms with Gasteiger partial charge in [0.1, 0.15) is 18.1 Å². The summed E-state index contributed by atoms with van der Waals surface area (Å²) in [4.78, 5) is 8.69. The number of hydrogen-bond donors (Lipinski definition) is 2. The van der Waals surface area contributed by atoms with Crippen molar-refractivity contribution in [1.29, 1.82) is 0 Å². The molecule has 2 N–H and O–H groups in total. The number of aromatic nitrogens is 1. The number of ether oxygens (including phenoxy) is 2. The van der Waals surface area contributed by atoms with Crippen molar-refractivity contribution in [1.82, 2.24) is 15.6 Å². The number of benzene rings is 1. The molecular formula is C21H30N4O2. The molecule has 2 rings (SSSR count). The first-order chi connectivity index (χ1) is 13.2. The van der Waals surface area contributed by atoms with E-state index in [1.165, 1.54) is 5.56 Å². The van der Waals surface area contributed by atoms with E-state index in [0.29, 0.717) is 19.1 Å². The first-order valence-corrected chi connectivity index (χ1v) is 9.42. The molecule has 0 aliphatic heterocycles. The number of pyridine rings is 1. The lowest BCUT2D eigenvalue weighted by Gasteiger charge is -2.14. The normalized spacial score (nSPS) is 12.3. The Bertz CT molecular complexity index is 674. The summed E-state index contributed by atoms with van der Waals surface area (Å²) in [5.74, 6) is 2.91. The van der Waals surface area contributed by atoms with E-state index in [2.05, 4.69) is 46.6 Å². The van der Waals surface area contributed by atoms with Crippen molar-refractivity contribution >= 4 is 5.96 Å². The highest BCUT2D eigenvalue weighted by atomic mass is 16.5. The second-order valence-corrected chi connectivity index (χ2v) is 6.19. The van der Waals surface area contributed by atoms with Crippen LogP contribution in [0.25, 0.3) is 0 Å². The minimum atomic E-state index is 0.441. The fraction of sp³-hybridized carbons (Fsp3) is 0.429. The lowest BCUT2D eigenvalue weighted by Crippen LogP contribution is -2.39. The van der Waals surface area contributed by atoms with Gasteiger partial charge in [0.2, 0.25) is 0 Å². The van der Waals surface area contributed by atoms with E-state index in [-0.39, 0.29) is 0 Å². The van der Waals surface area contributed by atoms with E-state index in [9.17, 15) is 0 Å². The SMILES string of the molecule is CCNC(=NCCC(C)c1ccc(OC)cc1)NCCOc1cccnc1. The zero-order valence-corrected chi connectivity index (χ0v) is 16.4. The quantitative estimate of drug-likeness (QED) is 0.382. The highest BCUT2D eigenvalue weighted by Gasteiger charge is 2.06. The largest absolute Gasteiger partial charge is 0.497 e. The number of rotatable bonds is 10. The van der Waals surface area contributed by atoms with Crippen molar-refractivity contribution in [2.24, 2.45) is 4.99 Å². The molecule has 27 heavy (non-hydrogen) atoms. The zero-order chi connectivity index (χ0) is 19.3. The summed E-state index contributed by atoms with van der Waals surface area (Å²) in [5, 5.41) is 6.56. The first kappa shape index (κ1) is 20.6. The average molecular weight is 370 g/mol. The third-order valence-electron chi connectivity index (χ3n) is 4.16. The topological polar surface area (TPSA) is 67.8 Å². The molecule has 0 fully saturated rings. The molecule has 0 aliphatic carbocycles. The lowest BCUT2D eigenvalue weighted by molar-refractivity contribution is 0.320. The summed E-state index contributed by atoms with van der Waals surface area (Å²) in [7, 11) is 1.68. The van der Waals surface area contributed by atoms with Crippen molar-refractivity contribution in [3.63, 3.8) is 0 Å². The number of guanidine groups is 1. The van der Waals surface area contributed by atoms with Gasteiger partial charge in [0.25, 0.3) is 0 Å². The third kappa shape index (κ3) is 7.56. The Morgan fingerprint density at radius 2 is 1.96 bits per heavy atom. The minimum Gasteiger partial charge on any atom is -0.497 e. The molecule has 1 atom stereocenters. The standard InChI is InChI=1S/C21H30N4O2/c1-4-23-21(25-14-15-27-20-6-5-12-22-16-20)24-13-11-17(2)18-7-9-19(26-3)10-8-18/h5-10,12,16-17H,4,11,13-15H2,1-3H3,(H2,23,24,25). The molecule has 0 spiro atoms. The molecule has 1 aromatic heterocycles. The van der Waals surface area contributed by atoms with Crippen molar-refractivity contribution in [2.75, 3.05) is 33.4 Å². The van der Waals surface area contributed by atoms with Crippen molar-refractivity contribution in [3.8, 4) is 11.5 Å². The van der Waals surface area contributed by atoms with Crippen molar-refractivity contribution < 1.29 is 9.47 Å². The Kier molecular flexibility index (Phi) is 8.96. The number of nitrogens with one attached hydrogen (secondary N) is 2. The maximum Gasteiger partial charge on any atom is 0.191 e. The van der Waals surface area contributed by atoms with E-state index in [0.717, 1.165) is 37.0 Å². The molecule has 1 aromatic carbocycles. The monoisotopic (exact) mass is 370 g/mol. The summed E-state index contributed by atoms with van der Waals surface area (Å²) in [6.07, 6.45) is 4.42. The molecule has 146 valence electrons. The molecule has 6 heteroatoms. The molecule has 0 radical (unpaired) electrons. The Labute approximate surface area is 162 Å². The molecule has 0 aliphatic rings. The molecule has 0 amide bonds. The third-order valence-corrected chi connectivity index (χ3v) is 4.16. The van der Waals surface area contributed by atoms with Crippen LogP contribution in [0.3, 0.4) is 0 Å². The first-order valence-electron chi connectivity index (χ1n) is 9.42. The Balaban J connectivity index is 1.74. The van der Waals surface area contributed by atoms with Gasteiger partial charge in [-0.15, -0.1) is 0 Å². The van der Waals surface area contributed by atoms with Gasteiger partial charge >= 0.3 is 0 Å². The van der Waals surface area contributed by atoms with Gasteiger partial charge in [-0.2, -0.15) is 0 Å². The second kappa shape index (κ2) is 11.8. The van der Waals surface area contributed by atoms with E-state index in [1.807, 2.05) is 24.3 Å². The van der Waals surface area contributed by atoms with E-state index in [1.54, 1.807) is 19.5 Å². The molecule has 6 nitrogen and oxygen atoms in total. The van der Waals surface area contributed by atoms with Gasteiger partial charge in [0.15, 0.2) is 5.96 Å². The van der Waals surface area contributed by atoms with Crippen LogP contribution in [-0.2, 0) is 0 Å². The predicted molar refractivity (Wildman–Crippen MR) is 110 cm³/mol. The molecule has 0 saturated carbocycles. The maximum absolute atomic E-state index is 5.64. The molecule has 1 heterocycles. The lowest BCUT2D eigenvalue weighted by atomic mass is 9.98. The maximum atomic E-state index is 5.64. The van der Waals surface area contributed by atoms with Gasteiger partial charge in [0.05, 0.1) is 19.9 Å². The smallest absolute Gasteiger partial charge is 0.191 e. The molecule has 1 unspecified atom stereocenters. The van der Waals surface area contributed by atoms with E-state index in [4.69, 9.17) is 9.47 Å². The van der Waals surface area contributed by atoms with Crippen molar-refractivity contribution in [3.05, 3.63) is 54.4 Å². The Hall–Kier alpha value is -2.76. The van der Waals surface area contributed by atoms with Gasteiger partial charge in [0, 0.05) is 19.3 Å². The van der Waals surface area contributed by atoms with Crippen LogP contribution in [0.4, 0.5) is 0 Å². The second-order valence-electron chi connectivity index (χ2n) is 6.19. The van der Waals surface area contributed by atoms with E-state index >= 15 is 0 Å². The van der Waals surface area contributed by atoms with Crippen molar-refractivity contribution in [2.45, 2.75) is 26.2 Å². The molecular weight excluding hydrogens is 340 g/mol. The van der Waals surface area contributed by atoms with Crippen LogP contribution in [0.15, 0.2) is 53.8 Å². The number of hydrogen-bond acceptors (Lipinski definition) is 4. The minimum absolute atomic E-state index is 0.441. The van der Waals surface area contributed by atoms with Gasteiger partial charge in [-0.05, 0) is 49.1 Å². The average Bonchev–Trinajstić information content (AvgIpc) is 2.72. The zero-order valence-electron chi connectivity index (χ0n) is 16.4.